The summed E-state index contributed by atoms with van der Waals surface area (Å²) >= 11 is 0. The van der Waals surface area contributed by atoms with E-state index < -0.39 is 0 Å². The van der Waals surface area contributed by atoms with Gasteiger partial charge in [0.15, 0.2) is 11.5 Å². The fourth-order valence-corrected chi connectivity index (χ4v) is 3.53. The summed E-state index contributed by atoms with van der Waals surface area (Å²) < 4.78 is 1.46. The van der Waals surface area contributed by atoms with E-state index in [1.54, 1.807) is 12.3 Å². The second-order valence-corrected chi connectivity index (χ2v) is 7.01. The van der Waals surface area contributed by atoms with Crippen LogP contribution < -0.4 is 10.9 Å². The number of aromatic nitrogens is 6. The molecule has 0 saturated heterocycles. The van der Waals surface area contributed by atoms with E-state index in [-0.39, 0.29) is 5.56 Å². The third-order valence-electron chi connectivity index (χ3n) is 5.08. The largest absolute Gasteiger partial charge is 0.323 e. The summed E-state index contributed by atoms with van der Waals surface area (Å²) in [7, 11) is 0. The van der Waals surface area contributed by atoms with E-state index >= 15 is 0 Å². The summed E-state index contributed by atoms with van der Waals surface area (Å²) in [6, 6.07) is 13.0. The van der Waals surface area contributed by atoms with Crippen molar-refractivity contribution in [3.8, 4) is 0 Å². The maximum Gasteiger partial charge on any atom is 0.268 e. The van der Waals surface area contributed by atoms with Crippen LogP contribution in [0.4, 0.5) is 11.6 Å². The molecule has 8 nitrogen and oxygen atoms in total. The lowest BCUT2D eigenvalue weighted by Crippen LogP contribution is -2.18. The van der Waals surface area contributed by atoms with Crippen molar-refractivity contribution in [2.45, 2.75) is 18.8 Å². The molecule has 5 aromatic rings. The zero-order chi connectivity index (χ0) is 18.7. The number of H-pyrrole nitrogens is 1. The van der Waals surface area contributed by atoms with Crippen LogP contribution >= 0.6 is 0 Å². The van der Waals surface area contributed by atoms with Gasteiger partial charge in [0.2, 0.25) is 5.78 Å². The Balaban J connectivity index is 1.61. The Kier molecular flexibility index (Phi) is 3.05. The van der Waals surface area contributed by atoms with Crippen LogP contribution in [0.15, 0.2) is 53.5 Å². The number of benzene rings is 1. The van der Waals surface area contributed by atoms with E-state index in [0.29, 0.717) is 39.9 Å². The van der Waals surface area contributed by atoms with Crippen molar-refractivity contribution in [2.24, 2.45) is 0 Å². The second-order valence-electron chi connectivity index (χ2n) is 7.01. The number of anilines is 2. The number of hydrogen-bond donors (Lipinski definition) is 2. The smallest absolute Gasteiger partial charge is 0.268 e. The van der Waals surface area contributed by atoms with Crippen molar-refractivity contribution in [2.75, 3.05) is 5.32 Å². The van der Waals surface area contributed by atoms with Gasteiger partial charge in [0.1, 0.15) is 5.82 Å². The number of aromatic amines is 1. The molecule has 0 amide bonds. The first-order valence-electron chi connectivity index (χ1n) is 9.16. The Hall–Kier alpha value is -3.81. The van der Waals surface area contributed by atoms with Crippen LogP contribution in [-0.2, 0) is 0 Å². The van der Waals surface area contributed by atoms with Gasteiger partial charge in [0.05, 0.1) is 16.3 Å². The highest BCUT2D eigenvalue weighted by molar-refractivity contribution is 5.91. The van der Waals surface area contributed by atoms with E-state index in [1.807, 2.05) is 36.4 Å². The summed E-state index contributed by atoms with van der Waals surface area (Å²) in [5.74, 6) is 2.14. The zero-order valence-electron chi connectivity index (χ0n) is 14.8. The number of fused-ring (bicyclic) bond motifs is 4. The van der Waals surface area contributed by atoms with Gasteiger partial charge in [-0.25, -0.2) is 14.4 Å². The molecule has 0 atom stereocenters. The molecule has 1 fully saturated rings. The standard InChI is InChI=1S/C20H15N7O/c28-19-12-4-1-2-6-14(12)22-20-24-17(13-5-3-9-21-18(13)27(19)20)23-16-10-15(25-26-16)11-7-8-11/h1-6,9-11H,7-8H2,(H2,22,23,24,25,26). The van der Waals surface area contributed by atoms with E-state index in [9.17, 15) is 4.79 Å². The maximum absolute atomic E-state index is 13.1. The number of rotatable bonds is 3. The maximum atomic E-state index is 13.1. The summed E-state index contributed by atoms with van der Waals surface area (Å²) in [6.07, 6.45) is 4.05. The topological polar surface area (TPSA) is 101 Å². The summed E-state index contributed by atoms with van der Waals surface area (Å²) in [5, 5.41) is 11.9. The van der Waals surface area contributed by atoms with Gasteiger partial charge in [-0.15, -0.1) is 0 Å². The van der Waals surface area contributed by atoms with Crippen molar-refractivity contribution in [3.05, 3.63) is 64.7 Å². The fraction of sp³-hybridized carbons (Fsp3) is 0.150. The summed E-state index contributed by atoms with van der Waals surface area (Å²) in [5.41, 5.74) is 2.07. The van der Waals surface area contributed by atoms with Crippen LogP contribution in [0.5, 0.6) is 0 Å². The van der Waals surface area contributed by atoms with Crippen LogP contribution in [0.3, 0.4) is 0 Å². The number of nitrogens with zero attached hydrogens (tertiary/aromatic N) is 5. The van der Waals surface area contributed by atoms with Crippen LogP contribution in [0.1, 0.15) is 24.5 Å². The molecule has 2 N–H and O–H groups in total. The Morgan fingerprint density at radius 1 is 1.07 bits per heavy atom. The summed E-state index contributed by atoms with van der Waals surface area (Å²) in [6.45, 7) is 0. The lowest BCUT2D eigenvalue weighted by Gasteiger charge is -2.10. The normalized spacial score (nSPS) is 14.1. The Labute approximate surface area is 158 Å². The van der Waals surface area contributed by atoms with Gasteiger partial charge in [0, 0.05) is 23.9 Å². The van der Waals surface area contributed by atoms with Crippen molar-refractivity contribution < 1.29 is 0 Å². The Bertz CT molecular complexity index is 1430. The molecule has 1 aliphatic rings. The second kappa shape index (κ2) is 5.59. The minimum absolute atomic E-state index is 0.181. The zero-order valence-corrected chi connectivity index (χ0v) is 14.8. The highest BCUT2D eigenvalue weighted by Gasteiger charge is 2.25. The third-order valence-corrected chi connectivity index (χ3v) is 5.08. The van der Waals surface area contributed by atoms with E-state index in [4.69, 9.17) is 0 Å². The van der Waals surface area contributed by atoms with Crippen molar-refractivity contribution in [1.29, 1.82) is 0 Å². The Morgan fingerprint density at radius 2 is 1.93 bits per heavy atom. The molecule has 0 spiro atoms. The average molecular weight is 369 g/mol. The summed E-state index contributed by atoms with van der Waals surface area (Å²) in [4.78, 5) is 26.7. The quantitative estimate of drug-likeness (QED) is 0.374. The number of pyridine rings is 1. The van der Waals surface area contributed by atoms with Crippen LogP contribution in [0, 0.1) is 0 Å². The monoisotopic (exact) mass is 369 g/mol. The molecule has 0 unspecified atom stereocenters. The van der Waals surface area contributed by atoms with Gasteiger partial charge in [-0.3, -0.25) is 9.89 Å². The molecule has 6 rings (SSSR count). The van der Waals surface area contributed by atoms with E-state index in [2.05, 4.69) is 30.5 Å². The number of nitrogens with one attached hydrogen (secondary N) is 2. The van der Waals surface area contributed by atoms with Gasteiger partial charge in [-0.1, -0.05) is 12.1 Å². The first kappa shape index (κ1) is 15.3. The van der Waals surface area contributed by atoms with Gasteiger partial charge < -0.3 is 5.32 Å². The minimum Gasteiger partial charge on any atom is -0.323 e. The molecule has 1 aliphatic carbocycles. The van der Waals surface area contributed by atoms with Gasteiger partial charge in [-0.2, -0.15) is 10.1 Å². The number of para-hydroxylation sites is 1. The molecule has 4 heterocycles. The van der Waals surface area contributed by atoms with Gasteiger partial charge >= 0.3 is 0 Å². The minimum atomic E-state index is -0.181. The molecule has 1 aromatic carbocycles. The molecule has 28 heavy (non-hydrogen) atoms. The first-order chi connectivity index (χ1) is 13.8. The van der Waals surface area contributed by atoms with Crippen LogP contribution in [-0.4, -0.2) is 29.5 Å². The van der Waals surface area contributed by atoms with Crippen molar-refractivity contribution in [1.82, 2.24) is 29.5 Å². The van der Waals surface area contributed by atoms with Crippen molar-refractivity contribution >= 4 is 39.3 Å². The highest BCUT2D eigenvalue weighted by Crippen LogP contribution is 2.39. The van der Waals surface area contributed by atoms with Gasteiger partial charge in [0.25, 0.3) is 5.56 Å². The van der Waals surface area contributed by atoms with Crippen molar-refractivity contribution in [3.63, 3.8) is 0 Å². The predicted octanol–water partition coefficient (Wildman–Crippen LogP) is 3.14. The highest BCUT2D eigenvalue weighted by atomic mass is 16.1. The molecule has 4 aromatic heterocycles. The van der Waals surface area contributed by atoms with E-state index in [1.165, 1.54) is 17.2 Å². The molecular weight excluding hydrogens is 354 g/mol. The molecule has 0 radical (unpaired) electrons. The third kappa shape index (κ3) is 2.27. The number of hydrogen-bond acceptors (Lipinski definition) is 6. The van der Waals surface area contributed by atoms with Gasteiger partial charge in [-0.05, 0) is 37.1 Å². The molecule has 0 bridgehead atoms. The SMILES string of the molecule is O=c1c2ccccc2nc2nc(Nc3cc(C4CC4)[nH]n3)c3cccnc3n12. The first-order valence-corrected chi connectivity index (χ1v) is 9.16. The van der Waals surface area contributed by atoms with E-state index in [0.717, 1.165) is 11.1 Å². The fourth-order valence-electron chi connectivity index (χ4n) is 3.53. The molecule has 0 aliphatic heterocycles. The molecule has 1 saturated carbocycles. The lowest BCUT2D eigenvalue weighted by molar-refractivity contribution is 0.966. The van der Waals surface area contributed by atoms with Crippen LogP contribution in [0.25, 0.3) is 27.7 Å². The lowest BCUT2D eigenvalue weighted by atomic mass is 10.2. The Morgan fingerprint density at radius 3 is 2.82 bits per heavy atom. The van der Waals surface area contributed by atoms with Crippen LogP contribution in [0.2, 0.25) is 0 Å². The molecule has 8 heteroatoms. The molecule has 136 valence electrons. The predicted molar refractivity (Wildman–Crippen MR) is 106 cm³/mol. The molecular formula is C20H15N7O. The average Bonchev–Trinajstić information content (AvgIpc) is 3.47.